The van der Waals surface area contributed by atoms with Crippen LogP contribution in [0, 0.1) is 0 Å². The Balaban J connectivity index is 1.96. The number of dihydropyridines is 1. The summed E-state index contributed by atoms with van der Waals surface area (Å²) >= 11 is 0. The van der Waals surface area contributed by atoms with E-state index in [1.807, 2.05) is 36.4 Å². The van der Waals surface area contributed by atoms with Gasteiger partial charge in [0, 0.05) is 18.0 Å². The number of ether oxygens (including phenoxy) is 4. The van der Waals surface area contributed by atoms with Crippen LogP contribution in [0.25, 0.3) is 10.9 Å². The van der Waals surface area contributed by atoms with Gasteiger partial charge in [0.25, 0.3) is 0 Å². The van der Waals surface area contributed by atoms with Gasteiger partial charge < -0.3 is 24.3 Å². The summed E-state index contributed by atoms with van der Waals surface area (Å²) in [4.78, 5) is 43.1. The number of fused-ring (bicyclic) bond motifs is 1. The van der Waals surface area contributed by atoms with Crippen LogP contribution in [0.2, 0.25) is 0 Å². The van der Waals surface area contributed by atoms with E-state index in [9.17, 15) is 14.4 Å². The number of para-hydroxylation sites is 1. The molecule has 1 atom stereocenters. The Morgan fingerprint density at radius 2 is 1.58 bits per heavy atom. The highest BCUT2D eigenvalue weighted by Gasteiger charge is 2.41. The lowest BCUT2D eigenvalue weighted by molar-refractivity contribution is -0.140. The largest absolute Gasteiger partial charge is 0.463 e. The molecule has 9 nitrogen and oxygen atoms in total. The molecule has 196 valence electrons. The normalized spacial score (nSPS) is 15.1. The Morgan fingerprint density at radius 3 is 2.24 bits per heavy atom. The van der Waals surface area contributed by atoms with Gasteiger partial charge in [0.05, 0.1) is 36.4 Å². The van der Waals surface area contributed by atoms with Crippen LogP contribution in [0.1, 0.15) is 39.2 Å². The minimum atomic E-state index is -0.985. The molecule has 2 heterocycles. The van der Waals surface area contributed by atoms with E-state index in [1.165, 1.54) is 6.92 Å². The first-order valence-corrected chi connectivity index (χ1v) is 12.2. The molecule has 0 amide bonds. The SMILES string of the molecule is CCOC(=O)C1=C(C)NC(OC(C)=O)=C(C(=O)OCC)C1c1cccc2ncc(Oc3ccccc3)cc12. The minimum absolute atomic E-state index is 0.0300. The van der Waals surface area contributed by atoms with Gasteiger partial charge in [0.2, 0.25) is 5.88 Å². The highest BCUT2D eigenvalue weighted by atomic mass is 16.6. The number of nitrogens with one attached hydrogen (secondary N) is 1. The predicted octanol–water partition coefficient (Wildman–Crippen LogP) is 4.89. The zero-order valence-electron chi connectivity index (χ0n) is 21.6. The zero-order valence-corrected chi connectivity index (χ0v) is 21.6. The highest BCUT2D eigenvalue weighted by Crippen LogP contribution is 2.42. The molecule has 1 aliphatic rings. The van der Waals surface area contributed by atoms with Crippen molar-refractivity contribution in [1.29, 1.82) is 0 Å². The summed E-state index contributed by atoms with van der Waals surface area (Å²) in [6, 6.07) is 16.4. The highest BCUT2D eigenvalue weighted by molar-refractivity contribution is 6.02. The van der Waals surface area contributed by atoms with Crippen molar-refractivity contribution in [3.8, 4) is 11.5 Å². The number of carbonyl (C=O) groups is 3. The molecule has 2 aromatic carbocycles. The van der Waals surface area contributed by atoms with Gasteiger partial charge in [0.1, 0.15) is 17.1 Å². The van der Waals surface area contributed by atoms with E-state index < -0.39 is 23.8 Å². The molecule has 1 unspecified atom stereocenters. The van der Waals surface area contributed by atoms with Gasteiger partial charge in [-0.3, -0.25) is 9.78 Å². The third-order valence-corrected chi connectivity index (χ3v) is 5.79. The van der Waals surface area contributed by atoms with Gasteiger partial charge in [-0.2, -0.15) is 0 Å². The van der Waals surface area contributed by atoms with Crippen molar-refractivity contribution in [2.75, 3.05) is 13.2 Å². The van der Waals surface area contributed by atoms with E-state index in [4.69, 9.17) is 18.9 Å². The van der Waals surface area contributed by atoms with Crippen LogP contribution >= 0.6 is 0 Å². The quantitative estimate of drug-likeness (QED) is 0.330. The molecule has 1 aliphatic heterocycles. The van der Waals surface area contributed by atoms with Crippen molar-refractivity contribution in [2.24, 2.45) is 0 Å². The van der Waals surface area contributed by atoms with Gasteiger partial charge >= 0.3 is 17.9 Å². The first-order chi connectivity index (χ1) is 18.3. The first-order valence-electron chi connectivity index (χ1n) is 12.2. The average Bonchev–Trinajstić information content (AvgIpc) is 2.88. The molecular formula is C29H28N2O7. The number of nitrogens with zero attached hydrogens (tertiary/aromatic N) is 1. The van der Waals surface area contributed by atoms with Crippen molar-refractivity contribution in [1.82, 2.24) is 10.3 Å². The number of benzene rings is 2. The van der Waals surface area contributed by atoms with E-state index in [2.05, 4.69) is 10.3 Å². The molecule has 0 bridgehead atoms. The zero-order chi connectivity index (χ0) is 27.2. The molecule has 0 saturated carbocycles. The predicted molar refractivity (Wildman–Crippen MR) is 139 cm³/mol. The topological polar surface area (TPSA) is 113 Å². The van der Waals surface area contributed by atoms with Gasteiger partial charge in [-0.1, -0.05) is 30.3 Å². The van der Waals surface area contributed by atoms with E-state index in [1.54, 1.807) is 45.2 Å². The van der Waals surface area contributed by atoms with Gasteiger partial charge in [-0.25, -0.2) is 9.59 Å². The maximum Gasteiger partial charge on any atom is 0.340 e. The van der Waals surface area contributed by atoms with Crippen LogP contribution in [-0.2, 0) is 28.6 Å². The Hall–Kier alpha value is -4.66. The van der Waals surface area contributed by atoms with Crippen LogP contribution < -0.4 is 10.1 Å². The Morgan fingerprint density at radius 1 is 0.895 bits per heavy atom. The average molecular weight is 517 g/mol. The lowest BCUT2D eigenvalue weighted by atomic mass is 9.80. The maximum atomic E-state index is 13.3. The molecule has 0 saturated heterocycles. The lowest BCUT2D eigenvalue weighted by Gasteiger charge is -2.31. The number of esters is 3. The molecule has 0 spiro atoms. The minimum Gasteiger partial charge on any atom is -0.463 e. The number of hydrogen-bond donors (Lipinski definition) is 1. The number of pyridine rings is 1. The fourth-order valence-corrected chi connectivity index (χ4v) is 4.32. The fraction of sp³-hybridized carbons (Fsp3) is 0.241. The van der Waals surface area contributed by atoms with Crippen LogP contribution in [0.15, 0.2) is 83.5 Å². The molecule has 0 fully saturated rings. The summed E-state index contributed by atoms with van der Waals surface area (Å²) < 4.78 is 22.1. The molecular weight excluding hydrogens is 488 g/mol. The van der Waals surface area contributed by atoms with Gasteiger partial charge in [0.15, 0.2) is 0 Å². The first kappa shape index (κ1) is 26.4. The van der Waals surface area contributed by atoms with Crippen molar-refractivity contribution < 1.29 is 33.3 Å². The molecule has 1 N–H and O–H groups in total. The fourth-order valence-electron chi connectivity index (χ4n) is 4.32. The van der Waals surface area contributed by atoms with Crippen molar-refractivity contribution >= 4 is 28.8 Å². The summed E-state index contributed by atoms with van der Waals surface area (Å²) in [6.07, 6.45) is 1.60. The van der Waals surface area contributed by atoms with Crippen molar-refractivity contribution in [3.63, 3.8) is 0 Å². The number of aromatic nitrogens is 1. The van der Waals surface area contributed by atoms with Crippen molar-refractivity contribution in [2.45, 2.75) is 33.6 Å². The van der Waals surface area contributed by atoms with Gasteiger partial charge in [-0.15, -0.1) is 0 Å². The number of hydrogen-bond acceptors (Lipinski definition) is 9. The molecule has 1 aromatic heterocycles. The van der Waals surface area contributed by atoms with Crippen LogP contribution in [-0.4, -0.2) is 36.1 Å². The van der Waals surface area contributed by atoms with Crippen LogP contribution in [0.4, 0.5) is 0 Å². The number of carbonyl (C=O) groups excluding carboxylic acids is 3. The van der Waals surface area contributed by atoms with Gasteiger partial charge in [-0.05, 0) is 50.6 Å². The Labute approximate surface area is 220 Å². The van der Waals surface area contributed by atoms with Crippen molar-refractivity contribution in [3.05, 3.63) is 89.1 Å². The van der Waals surface area contributed by atoms with E-state index in [0.29, 0.717) is 33.7 Å². The van der Waals surface area contributed by atoms with Crippen LogP contribution in [0.3, 0.4) is 0 Å². The Bertz CT molecular complexity index is 1440. The monoisotopic (exact) mass is 516 g/mol. The standard InChI is InChI=1S/C29H28N2O7/c1-5-35-28(33)24-17(3)31-27(37-18(4)32)26(29(34)36-6-2)25(24)21-13-10-14-23-22(21)15-20(16-30-23)38-19-11-8-7-9-12-19/h7-16,25,31H,5-6H2,1-4H3. The molecule has 4 rings (SSSR count). The molecule has 38 heavy (non-hydrogen) atoms. The summed E-state index contributed by atoms with van der Waals surface area (Å²) in [5.74, 6) is -2.00. The van der Waals surface area contributed by atoms with E-state index in [-0.39, 0.29) is 30.2 Å². The molecule has 0 radical (unpaired) electrons. The Kier molecular flexibility index (Phi) is 8.06. The maximum absolute atomic E-state index is 13.3. The molecule has 9 heteroatoms. The third kappa shape index (κ3) is 5.51. The van der Waals surface area contributed by atoms with E-state index in [0.717, 1.165) is 0 Å². The summed E-state index contributed by atoms with van der Waals surface area (Å²) in [5, 5.41) is 3.52. The van der Waals surface area contributed by atoms with E-state index >= 15 is 0 Å². The molecule has 0 aliphatic carbocycles. The summed E-state index contributed by atoms with van der Waals surface area (Å²) in [5.41, 5.74) is 1.70. The lowest BCUT2D eigenvalue weighted by Crippen LogP contribution is -2.35. The molecule has 3 aromatic rings. The summed E-state index contributed by atoms with van der Waals surface area (Å²) in [7, 11) is 0. The second-order valence-electron chi connectivity index (χ2n) is 8.37. The summed E-state index contributed by atoms with van der Waals surface area (Å²) in [6.45, 7) is 6.44. The second-order valence-corrected chi connectivity index (χ2v) is 8.37. The van der Waals surface area contributed by atoms with Crippen LogP contribution in [0.5, 0.6) is 11.5 Å². The smallest absolute Gasteiger partial charge is 0.340 e. The second kappa shape index (κ2) is 11.6. The number of rotatable bonds is 8. The number of allylic oxidation sites excluding steroid dienone is 1. The third-order valence-electron chi connectivity index (χ3n) is 5.79.